The molecule has 0 saturated carbocycles. The summed E-state index contributed by atoms with van der Waals surface area (Å²) >= 11 is 17.8. The number of amides is 3. The van der Waals surface area contributed by atoms with Gasteiger partial charge in [-0.2, -0.15) is 5.01 Å². The standard InChI is InChI=1S/C18H12Cl2N4O5S2/c1-29-14-5-2-9(6-13(14)24(27)28)7-15-16(25)23(18(30)31-15)22-17(26)21-10-3-4-11(19)12(20)8-10/h2-8H,1H3,(H2,21,22,26)/b15-7+. The lowest BCUT2D eigenvalue weighted by atomic mass is 10.1. The Balaban J connectivity index is 1.74. The van der Waals surface area contributed by atoms with Gasteiger partial charge in [0.1, 0.15) is 0 Å². The lowest BCUT2D eigenvalue weighted by molar-refractivity contribution is -0.385. The Labute approximate surface area is 195 Å². The number of nitrogens with zero attached hydrogens (tertiary/aromatic N) is 2. The molecular formula is C18H12Cl2N4O5S2. The summed E-state index contributed by atoms with van der Waals surface area (Å²) in [5.74, 6) is -0.493. The van der Waals surface area contributed by atoms with E-state index in [1.807, 2.05) is 0 Å². The van der Waals surface area contributed by atoms with Gasteiger partial charge in [-0.15, -0.1) is 0 Å². The SMILES string of the molecule is COc1ccc(/C=C2/SC(=S)N(NC(=O)Nc3ccc(Cl)c(Cl)c3)C2=O)cc1[N+](=O)[O-]. The van der Waals surface area contributed by atoms with E-state index >= 15 is 0 Å². The van der Waals surface area contributed by atoms with Crippen LogP contribution in [-0.2, 0) is 4.79 Å². The van der Waals surface area contributed by atoms with Gasteiger partial charge in [-0.1, -0.05) is 41.0 Å². The first-order valence-electron chi connectivity index (χ1n) is 8.32. The van der Waals surface area contributed by atoms with Gasteiger partial charge in [-0.05, 0) is 48.1 Å². The molecule has 0 unspecified atom stereocenters. The van der Waals surface area contributed by atoms with Crippen LogP contribution in [0.15, 0.2) is 41.3 Å². The van der Waals surface area contributed by atoms with E-state index in [-0.39, 0.29) is 25.7 Å². The van der Waals surface area contributed by atoms with Crippen molar-refractivity contribution in [2.75, 3.05) is 12.4 Å². The van der Waals surface area contributed by atoms with Crippen LogP contribution in [-0.4, -0.2) is 33.3 Å². The minimum atomic E-state index is -0.726. The number of thioether (sulfide) groups is 1. The first-order valence-corrected chi connectivity index (χ1v) is 10.3. The number of thiocarbonyl (C=S) groups is 1. The number of hydrazine groups is 1. The molecular weight excluding hydrogens is 487 g/mol. The highest BCUT2D eigenvalue weighted by Gasteiger charge is 2.33. The van der Waals surface area contributed by atoms with Crippen molar-refractivity contribution in [2.45, 2.75) is 0 Å². The van der Waals surface area contributed by atoms with Crippen molar-refractivity contribution in [1.29, 1.82) is 0 Å². The van der Waals surface area contributed by atoms with Crippen molar-refractivity contribution in [2.24, 2.45) is 0 Å². The summed E-state index contributed by atoms with van der Waals surface area (Å²) in [5.41, 5.74) is 2.86. The van der Waals surface area contributed by atoms with E-state index in [1.165, 1.54) is 43.5 Å². The van der Waals surface area contributed by atoms with Gasteiger partial charge >= 0.3 is 11.7 Å². The molecule has 13 heteroatoms. The number of nitro benzene ring substituents is 1. The molecule has 160 valence electrons. The molecule has 2 N–H and O–H groups in total. The lowest BCUT2D eigenvalue weighted by Crippen LogP contribution is -2.46. The minimum absolute atomic E-state index is 0.0866. The fourth-order valence-electron chi connectivity index (χ4n) is 2.49. The van der Waals surface area contributed by atoms with E-state index in [1.54, 1.807) is 6.07 Å². The molecule has 3 rings (SSSR count). The largest absolute Gasteiger partial charge is 0.490 e. The number of hydrogen-bond donors (Lipinski definition) is 2. The average Bonchev–Trinajstić information content (AvgIpc) is 2.98. The quantitative estimate of drug-likeness (QED) is 0.262. The Morgan fingerprint density at radius 1 is 1.26 bits per heavy atom. The van der Waals surface area contributed by atoms with Crippen molar-refractivity contribution in [3.05, 3.63) is 67.0 Å². The fourth-order valence-corrected chi connectivity index (χ4v) is 3.97. The second-order valence-electron chi connectivity index (χ2n) is 5.90. The molecule has 1 aliphatic rings. The topological polar surface area (TPSA) is 114 Å². The third-order valence-electron chi connectivity index (χ3n) is 3.88. The number of benzene rings is 2. The number of halogens is 2. The zero-order valence-corrected chi connectivity index (χ0v) is 18.7. The van der Waals surface area contributed by atoms with E-state index < -0.39 is 16.9 Å². The maximum Gasteiger partial charge on any atom is 0.338 e. The van der Waals surface area contributed by atoms with Gasteiger partial charge in [0.05, 0.1) is 27.0 Å². The van der Waals surface area contributed by atoms with Crippen molar-refractivity contribution >= 4 is 80.9 Å². The summed E-state index contributed by atoms with van der Waals surface area (Å²) < 4.78 is 5.05. The smallest absolute Gasteiger partial charge is 0.338 e. The first kappa shape index (κ1) is 22.8. The molecule has 9 nitrogen and oxygen atoms in total. The molecule has 0 aromatic heterocycles. The summed E-state index contributed by atoms with van der Waals surface area (Å²) in [5, 5.41) is 15.2. The highest BCUT2D eigenvalue weighted by Crippen LogP contribution is 2.34. The fraction of sp³-hybridized carbons (Fsp3) is 0.0556. The molecule has 2 aromatic carbocycles. The number of rotatable bonds is 5. The number of nitro groups is 1. The van der Waals surface area contributed by atoms with Crippen molar-refractivity contribution < 1.29 is 19.2 Å². The van der Waals surface area contributed by atoms with E-state index in [2.05, 4.69) is 10.7 Å². The van der Waals surface area contributed by atoms with Gasteiger partial charge in [-0.25, -0.2) is 10.2 Å². The Bertz CT molecular complexity index is 1140. The van der Waals surface area contributed by atoms with Gasteiger partial charge < -0.3 is 10.1 Å². The highest BCUT2D eigenvalue weighted by atomic mass is 35.5. The van der Waals surface area contributed by atoms with Crippen LogP contribution < -0.4 is 15.5 Å². The minimum Gasteiger partial charge on any atom is -0.490 e. The first-order chi connectivity index (χ1) is 14.7. The number of nitrogens with one attached hydrogen (secondary N) is 2. The van der Waals surface area contributed by atoms with Crippen LogP contribution in [0.2, 0.25) is 10.0 Å². The van der Waals surface area contributed by atoms with Crippen molar-refractivity contribution in [3.8, 4) is 5.75 Å². The predicted octanol–water partition coefficient (Wildman–Crippen LogP) is 4.85. The molecule has 2 aromatic rings. The molecule has 0 spiro atoms. The third kappa shape index (κ3) is 5.25. The number of ether oxygens (including phenoxy) is 1. The summed E-state index contributed by atoms with van der Waals surface area (Å²) in [6.45, 7) is 0. The van der Waals surface area contributed by atoms with Crippen LogP contribution in [0.1, 0.15) is 5.56 Å². The summed E-state index contributed by atoms with van der Waals surface area (Å²) in [7, 11) is 1.32. The number of urea groups is 1. The van der Waals surface area contributed by atoms with Crippen LogP contribution >= 0.6 is 47.2 Å². The summed E-state index contributed by atoms with van der Waals surface area (Å²) in [6.07, 6.45) is 1.43. The van der Waals surface area contributed by atoms with E-state index in [9.17, 15) is 19.7 Å². The Morgan fingerprint density at radius 2 is 2.00 bits per heavy atom. The normalized spacial score (nSPS) is 14.7. The second kappa shape index (κ2) is 9.52. The molecule has 1 heterocycles. The average molecular weight is 499 g/mol. The molecule has 0 radical (unpaired) electrons. The number of carbonyl (C=O) groups excluding carboxylic acids is 2. The molecule has 31 heavy (non-hydrogen) atoms. The van der Waals surface area contributed by atoms with Crippen LogP contribution in [0, 0.1) is 10.1 Å². The maximum absolute atomic E-state index is 12.7. The zero-order valence-electron chi connectivity index (χ0n) is 15.5. The molecule has 1 fully saturated rings. The van der Waals surface area contributed by atoms with E-state index in [0.29, 0.717) is 16.3 Å². The van der Waals surface area contributed by atoms with Crippen LogP contribution in [0.25, 0.3) is 6.08 Å². The lowest BCUT2D eigenvalue weighted by Gasteiger charge is -2.16. The number of anilines is 1. The Morgan fingerprint density at radius 3 is 2.65 bits per heavy atom. The van der Waals surface area contributed by atoms with Crippen LogP contribution in [0.5, 0.6) is 5.75 Å². The summed E-state index contributed by atoms with van der Waals surface area (Å²) in [4.78, 5) is 35.7. The maximum atomic E-state index is 12.7. The third-order valence-corrected chi connectivity index (χ3v) is 5.92. The van der Waals surface area contributed by atoms with E-state index in [4.69, 9.17) is 40.2 Å². The highest BCUT2D eigenvalue weighted by molar-refractivity contribution is 8.26. The second-order valence-corrected chi connectivity index (χ2v) is 8.39. The van der Waals surface area contributed by atoms with Gasteiger partial charge in [0, 0.05) is 11.8 Å². The van der Waals surface area contributed by atoms with Crippen molar-refractivity contribution in [1.82, 2.24) is 10.4 Å². The Kier molecular flexibility index (Phi) is 7.01. The zero-order chi connectivity index (χ0) is 22.7. The molecule has 3 amide bonds. The van der Waals surface area contributed by atoms with Gasteiger partial charge in [-0.3, -0.25) is 14.9 Å². The molecule has 0 bridgehead atoms. The molecule has 0 atom stereocenters. The van der Waals surface area contributed by atoms with Gasteiger partial charge in [0.15, 0.2) is 10.1 Å². The monoisotopic (exact) mass is 498 g/mol. The molecule has 0 aliphatic carbocycles. The van der Waals surface area contributed by atoms with Crippen LogP contribution in [0.4, 0.5) is 16.2 Å². The summed E-state index contributed by atoms with van der Waals surface area (Å²) in [6, 6.07) is 8.03. The predicted molar refractivity (Wildman–Crippen MR) is 123 cm³/mol. The van der Waals surface area contributed by atoms with Gasteiger partial charge in [0.25, 0.3) is 5.91 Å². The molecule has 1 saturated heterocycles. The Hall–Kier alpha value is -2.86. The van der Waals surface area contributed by atoms with Gasteiger partial charge in [0.2, 0.25) is 0 Å². The van der Waals surface area contributed by atoms with Crippen molar-refractivity contribution in [3.63, 3.8) is 0 Å². The number of methoxy groups -OCH3 is 1. The number of carbonyl (C=O) groups is 2. The number of hydrogen-bond acceptors (Lipinski definition) is 7. The molecule has 1 aliphatic heterocycles. The van der Waals surface area contributed by atoms with E-state index in [0.717, 1.165) is 16.8 Å². The van der Waals surface area contributed by atoms with Crippen LogP contribution in [0.3, 0.4) is 0 Å².